The molecular weight excluding hydrogens is 346 g/mol. The highest BCUT2D eigenvalue weighted by atomic mass is 32.2. The van der Waals surface area contributed by atoms with Crippen LogP contribution >= 0.6 is 0 Å². The van der Waals surface area contributed by atoms with Gasteiger partial charge in [-0.05, 0) is 29.4 Å². The average Bonchev–Trinajstić information content (AvgIpc) is 2.57. The Kier molecular flexibility index (Phi) is 7.27. The Hall–Kier alpha value is -1.36. The van der Waals surface area contributed by atoms with Gasteiger partial charge in [0, 0.05) is 13.0 Å². The number of hydrogen-bond donors (Lipinski definition) is 1. The summed E-state index contributed by atoms with van der Waals surface area (Å²) in [5, 5.41) is 2.91. The third-order valence-corrected chi connectivity index (χ3v) is 7.23. The Morgan fingerprint density at radius 1 is 1.12 bits per heavy atom. The highest BCUT2D eigenvalue weighted by molar-refractivity contribution is 7.91. The maximum atomic E-state index is 12.7. The smallest absolute Gasteiger partial charge is 0.220 e. The van der Waals surface area contributed by atoms with Crippen LogP contribution in [0.15, 0.2) is 29.2 Å². The van der Waals surface area contributed by atoms with E-state index in [1.807, 2.05) is 26.8 Å². The monoisotopic (exact) mass is 379 g/mol. The first-order valence-corrected chi connectivity index (χ1v) is 11.4. The predicted octanol–water partition coefficient (Wildman–Crippen LogP) is 4.48. The minimum absolute atomic E-state index is 0.0126. The van der Waals surface area contributed by atoms with Crippen molar-refractivity contribution in [2.75, 3.05) is 5.75 Å². The zero-order chi connectivity index (χ0) is 19.2. The third-order valence-electron chi connectivity index (χ3n) is 4.91. The van der Waals surface area contributed by atoms with E-state index in [1.54, 1.807) is 18.2 Å². The maximum Gasteiger partial charge on any atom is 0.220 e. The van der Waals surface area contributed by atoms with E-state index in [2.05, 4.69) is 5.32 Å². The molecule has 0 saturated heterocycles. The summed E-state index contributed by atoms with van der Waals surface area (Å²) >= 11 is 0. The second kappa shape index (κ2) is 9.03. The van der Waals surface area contributed by atoms with Crippen molar-refractivity contribution in [2.24, 2.45) is 11.3 Å². The minimum atomic E-state index is -3.38. The molecule has 4 nitrogen and oxygen atoms in total. The molecule has 1 saturated carbocycles. The lowest BCUT2D eigenvalue weighted by Gasteiger charge is -2.21. The van der Waals surface area contributed by atoms with Gasteiger partial charge in [0.2, 0.25) is 5.91 Å². The van der Waals surface area contributed by atoms with Crippen molar-refractivity contribution in [3.05, 3.63) is 29.8 Å². The fourth-order valence-electron chi connectivity index (χ4n) is 3.69. The molecule has 1 aliphatic rings. The first-order valence-electron chi connectivity index (χ1n) is 9.75. The molecule has 0 aliphatic heterocycles. The Morgan fingerprint density at radius 2 is 1.77 bits per heavy atom. The second-order valence-corrected chi connectivity index (χ2v) is 10.7. The predicted molar refractivity (Wildman–Crippen MR) is 106 cm³/mol. The van der Waals surface area contributed by atoms with Gasteiger partial charge in [0.1, 0.15) is 0 Å². The highest BCUT2D eigenvalue weighted by Crippen LogP contribution is 2.27. The molecule has 0 aromatic heterocycles. The lowest BCUT2D eigenvalue weighted by Crippen LogP contribution is -2.26. The number of sulfone groups is 1. The van der Waals surface area contributed by atoms with Crippen molar-refractivity contribution in [1.29, 1.82) is 0 Å². The summed E-state index contributed by atoms with van der Waals surface area (Å²) in [7, 11) is -3.38. The van der Waals surface area contributed by atoms with E-state index >= 15 is 0 Å². The molecule has 1 aliphatic carbocycles. The van der Waals surface area contributed by atoms with E-state index in [9.17, 15) is 13.2 Å². The van der Waals surface area contributed by atoms with Crippen molar-refractivity contribution in [1.82, 2.24) is 5.32 Å². The van der Waals surface area contributed by atoms with Crippen LogP contribution in [0.1, 0.15) is 71.3 Å². The molecule has 146 valence electrons. The van der Waals surface area contributed by atoms with Crippen LogP contribution in [0, 0.1) is 11.3 Å². The normalized spacial score (nSPS) is 16.4. The molecule has 1 N–H and O–H groups in total. The number of hydrogen-bond acceptors (Lipinski definition) is 3. The zero-order valence-electron chi connectivity index (χ0n) is 16.4. The van der Waals surface area contributed by atoms with Crippen molar-refractivity contribution in [3.63, 3.8) is 0 Å². The topological polar surface area (TPSA) is 63.2 Å². The van der Waals surface area contributed by atoms with Gasteiger partial charge in [-0.1, -0.05) is 71.1 Å². The van der Waals surface area contributed by atoms with Crippen LogP contribution < -0.4 is 5.32 Å². The van der Waals surface area contributed by atoms with Crippen LogP contribution in [0.25, 0.3) is 0 Å². The van der Waals surface area contributed by atoms with E-state index in [4.69, 9.17) is 0 Å². The van der Waals surface area contributed by atoms with Gasteiger partial charge in [-0.2, -0.15) is 0 Å². The number of amides is 1. The van der Waals surface area contributed by atoms with E-state index in [-0.39, 0.29) is 23.6 Å². The molecule has 2 rings (SSSR count). The summed E-state index contributed by atoms with van der Waals surface area (Å²) in [4.78, 5) is 12.5. The lowest BCUT2D eigenvalue weighted by molar-refractivity contribution is -0.121. The summed E-state index contributed by atoms with van der Waals surface area (Å²) in [6, 6.07) is 6.99. The van der Waals surface area contributed by atoms with Crippen LogP contribution in [0.2, 0.25) is 0 Å². The SMILES string of the molecule is CC(C)(C)CS(=O)(=O)c1ccccc1CNC(=O)CCC1CCCCC1. The quantitative estimate of drug-likeness (QED) is 0.759. The Bertz CT molecular complexity index is 698. The molecule has 1 aromatic rings. The average molecular weight is 380 g/mol. The molecule has 5 heteroatoms. The van der Waals surface area contributed by atoms with Gasteiger partial charge >= 0.3 is 0 Å². The van der Waals surface area contributed by atoms with E-state index in [1.165, 1.54) is 32.1 Å². The summed E-state index contributed by atoms with van der Waals surface area (Å²) < 4.78 is 25.5. The van der Waals surface area contributed by atoms with Crippen LogP contribution in [-0.2, 0) is 21.2 Å². The van der Waals surface area contributed by atoms with Gasteiger partial charge in [-0.25, -0.2) is 8.42 Å². The molecule has 0 atom stereocenters. The van der Waals surface area contributed by atoms with Gasteiger partial charge < -0.3 is 5.32 Å². The highest BCUT2D eigenvalue weighted by Gasteiger charge is 2.25. The Morgan fingerprint density at radius 3 is 2.42 bits per heavy atom. The minimum Gasteiger partial charge on any atom is -0.352 e. The molecule has 26 heavy (non-hydrogen) atoms. The van der Waals surface area contributed by atoms with Gasteiger partial charge in [-0.15, -0.1) is 0 Å². The van der Waals surface area contributed by atoms with E-state index < -0.39 is 9.84 Å². The molecular formula is C21H33NO3S. The van der Waals surface area contributed by atoms with Gasteiger partial charge in [0.05, 0.1) is 10.6 Å². The molecule has 0 heterocycles. The van der Waals surface area contributed by atoms with Crippen molar-refractivity contribution in [2.45, 2.75) is 77.2 Å². The summed E-state index contributed by atoms with van der Waals surface area (Å²) in [5.41, 5.74) is 0.359. The number of carbonyl (C=O) groups excluding carboxylic acids is 1. The van der Waals surface area contributed by atoms with E-state index in [0.29, 0.717) is 22.8 Å². The fraction of sp³-hybridized carbons (Fsp3) is 0.667. The molecule has 0 bridgehead atoms. The van der Waals surface area contributed by atoms with Gasteiger partial charge in [-0.3, -0.25) is 4.79 Å². The molecule has 0 spiro atoms. The molecule has 1 aromatic carbocycles. The number of rotatable bonds is 7. The van der Waals surface area contributed by atoms with Gasteiger partial charge in [0.15, 0.2) is 9.84 Å². The number of nitrogens with one attached hydrogen (secondary N) is 1. The first-order chi connectivity index (χ1) is 12.2. The molecule has 0 unspecified atom stereocenters. The summed E-state index contributed by atoms with van der Waals surface area (Å²) in [5.74, 6) is 0.777. The second-order valence-electron chi connectivity index (χ2n) is 8.75. The largest absolute Gasteiger partial charge is 0.352 e. The molecule has 0 radical (unpaired) electrons. The maximum absolute atomic E-state index is 12.7. The van der Waals surface area contributed by atoms with Crippen molar-refractivity contribution in [3.8, 4) is 0 Å². The lowest BCUT2D eigenvalue weighted by atomic mass is 9.86. The number of carbonyl (C=O) groups is 1. The Labute approximate surface area is 158 Å². The standard InChI is InChI=1S/C21H33NO3S/c1-21(2,3)16-26(24,25)19-12-8-7-11-18(19)15-22-20(23)14-13-17-9-5-4-6-10-17/h7-8,11-12,17H,4-6,9-10,13-16H2,1-3H3,(H,22,23). The van der Waals surface area contributed by atoms with Gasteiger partial charge in [0.25, 0.3) is 0 Å². The van der Waals surface area contributed by atoms with E-state index in [0.717, 1.165) is 6.42 Å². The van der Waals surface area contributed by atoms with Crippen molar-refractivity contribution < 1.29 is 13.2 Å². The molecule has 1 fully saturated rings. The zero-order valence-corrected chi connectivity index (χ0v) is 17.2. The van der Waals surface area contributed by atoms with Crippen LogP contribution in [-0.4, -0.2) is 20.1 Å². The van der Waals surface area contributed by atoms with Crippen LogP contribution in [0.5, 0.6) is 0 Å². The molecule has 1 amide bonds. The summed E-state index contributed by atoms with van der Waals surface area (Å²) in [6.45, 7) is 6.02. The summed E-state index contributed by atoms with van der Waals surface area (Å²) in [6.07, 6.45) is 7.83. The first kappa shape index (κ1) is 20.9. The fourth-order valence-corrected chi connectivity index (χ4v) is 5.82. The Balaban J connectivity index is 1.94. The third kappa shape index (κ3) is 6.75. The van der Waals surface area contributed by atoms with Crippen molar-refractivity contribution >= 4 is 15.7 Å². The van der Waals surface area contributed by atoms with Crippen LogP contribution in [0.4, 0.5) is 0 Å². The number of benzene rings is 1. The van der Waals surface area contributed by atoms with Crippen LogP contribution in [0.3, 0.4) is 0 Å².